The van der Waals surface area contributed by atoms with Gasteiger partial charge in [0.1, 0.15) is 5.76 Å². The molecule has 23 heavy (non-hydrogen) atoms. The van der Waals surface area contributed by atoms with Crippen LogP contribution < -0.4 is 14.8 Å². The molecule has 0 bridgehead atoms. The van der Waals surface area contributed by atoms with Crippen molar-refractivity contribution in [2.24, 2.45) is 0 Å². The Morgan fingerprint density at radius 1 is 1.22 bits per heavy atom. The third-order valence-electron chi connectivity index (χ3n) is 2.93. The standard InChI is InChI=1S/C16H13NO6/c18-15(9-21-16(19)6-4-12-2-1-7-20-12)17-11-3-5-13-14(8-11)23-10-22-13/h1-8H,9-10H2,(H,17,18). The van der Waals surface area contributed by atoms with E-state index >= 15 is 0 Å². The van der Waals surface area contributed by atoms with Gasteiger partial charge < -0.3 is 23.9 Å². The van der Waals surface area contributed by atoms with Crippen LogP contribution in [-0.2, 0) is 14.3 Å². The van der Waals surface area contributed by atoms with Crippen molar-refractivity contribution in [2.45, 2.75) is 0 Å². The van der Waals surface area contributed by atoms with E-state index in [1.807, 2.05) is 0 Å². The number of anilines is 1. The van der Waals surface area contributed by atoms with Gasteiger partial charge in [0.2, 0.25) is 6.79 Å². The molecule has 1 aromatic heterocycles. The molecule has 1 N–H and O–H groups in total. The zero-order valence-electron chi connectivity index (χ0n) is 12.0. The number of carbonyl (C=O) groups excluding carboxylic acids is 2. The van der Waals surface area contributed by atoms with E-state index in [1.165, 1.54) is 18.4 Å². The molecule has 1 aliphatic heterocycles. The normalized spacial score (nSPS) is 12.3. The summed E-state index contributed by atoms with van der Waals surface area (Å²) in [6.07, 6.45) is 4.13. The highest BCUT2D eigenvalue weighted by molar-refractivity contribution is 5.94. The van der Waals surface area contributed by atoms with Gasteiger partial charge in [0, 0.05) is 17.8 Å². The Hall–Kier alpha value is -3.22. The molecule has 2 aromatic rings. The van der Waals surface area contributed by atoms with E-state index in [-0.39, 0.29) is 6.79 Å². The summed E-state index contributed by atoms with van der Waals surface area (Å²) >= 11 is 0. The van der Waals surface area contributed by atoms with Crippen LogP contribution in [0.4, 0.5) is 5.69 Å². The summed E-state index contributed by atoms with van der Waals surface area (Å²) < 4.78 is 20.2. The van der Waals surface area contributed by atoms with E-state index in [0.29, 0.717) is 22.9 Å². The summed E-state index contributed by atoms with van der Waals surface area (Å²) in [4.78, 5) is 23.2. The first-order valence-corrected chi connectivity index (χ1v) is 6.78. The van der Waals surface area contributed by atoms with Crippen molar-refractivity contribution in [2.75, 3.05) is 18.7 Å². The Kier molecular flexibility index (Phi) is 4.28. The molecule has 0 radical (unpaired) electrons. The van der Waals surface area contributed by atoms with E-state index in [4.69, 9.17) is 18.6 Å². The number of furan rings is 1. The Labute approximate surface area is 131 Å². The first-order valence-electron chi connectivity index (χ1n) is 6.78. The minimum Gasteiger partial charge on any atom is -0.465 e. The topological polar surface area (TPSA) is 87.0 Å². The lowest BCUT2D eigenvalue weighted by molar-refractivity contribution is -0.142. The maximum Gasteiger partial charge on any atom is 0.331 e. The highest BCUT2D eigenvalue weighted by atomic mass is 16.7. The molecule has 0 aliphatic carbocycles. The predicted octanol–water partition coefficient (Wildman–Crippen LogP) is 2.20. The van der Waals surface area contributed by atoms with Crippen molar-refractivity contribution in [3.05, 3.63) is 48.4 Å². The Morgan fingerprint density at radius 3 is 2.91 bits per heavy atom. The van der Waals surface area contributed by atoms with Crippen LogP contribution in [0.15, 0.2) is 47.1 Å². The SMILES string of the molecule is O=C(COC(=O)C=Cc1ccco1)Nc1ccc2c(c1)OCO2. The molecule has 0 unspecified atom stereocenters. The van der Waals surface area contributed by atoms with Gasteiger partial charge >= 0.3 is 5.97 Å². The zero-order chi connectivity index (χ0) is 16.1. The molecule has 0 saturated carbocycles. The Morgan fingerprint density at radius 2 is 2.09 bits per heavy atom. The molecule has 1 amide bonds. The van der Waals surface area contributed by atoms with Crippen LogP contribution in [0.25, 0.3) is 6.08 Å². The molecular formula is C16H13NO6. The van der Waals surface area contributed by atoms with Crippen LogP contribution in [0.2, 0.25) is 0 Å². The monoisotopic (exact) mass is 315 g/mol. The fourth-order valence-corrected chi connectivity index (χ4v) is 1.89. The van der Waals surface area contributed by atoms with Gasteiger partial charge in [0.15, 0.2) is 18.1 Å². The van der Waals surface area contributed by atoms with Gasteiger partial charge in [0.25, 0.3) is 5.91 Å². The second-order valence-corrected chi connectivity index (χ2v) is 4.57. The van der Waals surface area contributed by atoms with Crippen LogP contribution in [0.3, 0.4) is 0 Å². The van der Waals surface area contributed by atoms with Crippen LogP contribution >= 0.6 is 0 Å². The molecule has 7 heteroatoms. The second-order valence-electron chi connectivity index (χ2n) is 4.57. The Bertz CT molecular complexity index is 735. The second kappa shape index (κ2) is 6.69. The number of fused-ring (bicyclic) bond motifs is 1. The molecular weight excluding hydrogens is 302 g/mol. The van der Waals surface area contributed by atoms with Gasteiger partial charge in [-0.3, -0.25) is 4.79 Å². The minimum atomic E-state index is -0.637. The summed E-state index contributed by atoms with van der Waals surface area (Å²) in [5.41, 5.74) is 0.529. The van der Waals surface area contributed by atoms with Gasteiger partial charge in [0.05, 0.1) is 6.26 Å². The largest absolute Gasteiger partial charge is 0.465 e. The van der Waals surface area contributed by atoms with Crippen molar-refractivity contribution in [1.29, 1.82) is 0 Å². The molecule has 0 atom stereocenters. The summed E-state index contributed by atoms with van der Waals surface area (Å²) in [7, 11) is 0. The number of ether oxygens (including phenoxy) is 3. The fraction of sp³-hybridized carbons (Fsp3) is 0.125. The molecule has 1 aromatic carbocycles. The lowest BCUT2D eigenvalue weighted by atomic mass is 10.3. The number of rotatable bonds is 5. The molecule has 1 aliphatic rings. The Balaban J connectivity index is 1.47. The third kappa shape index (κ3) is 3.91. The van der Waals surface area contributed by atoms with Crippen LogP contribution in [0.1, 0.15) is 5.76 Å². The van der Waals surface area contributed by atoms with Gasteiger partial charge in [-0.1, -0.05) is 0 Å². The van der Waals surface area contributed by atoms with Crippen molar-refractivity contribution >= 4 is 23.6 Å². The number of hydrogen-bond donors (Lipinski definition) is 1. The van der Waals surface area contributed by atoms with E-state index in [0.717, 1.165) is 0 Å². The number of carbonyl (C=O) groups is 2. The number of nitrogens with one attached hydrogen (secondary N) is 1. The molecule has 0 saturated heterocycles. The van der Waals surface area contributed by atoms with Crippen molar-refractivity contribution in [3.8, 4) is 11.5 Å². The summed E-state index contributed by atoms with van der Waals surface area (Å²) in [6.45, 7) is -0.234. The molecule has 0 spiro atoms. The first kappa shape index (κ1) is 14.7. The lowest BCUT2D eigenvalue weighted by Crippen LogP contribution is -2.20. The zero-order valence-corrected chi connectivity index (χ0v) is 12.0. The molecule has 3 rings (SSSR count). The third-order valence-corrected chi connectivity index (χ3v) is 2.93. The smallest absolute Gasteiger partial charge is 0.331 e. The summed E-state index contributed by atoms with van der Waals surface area (Å²) in [5.74, 6) is 0.608. The maximum atomic E-state index is 11.7. The highest BCUT2D eigenvalue weighted by Gasteiger charge is 2.14. The molecule has 7 nitrogen and oxygen atoms in total. The van der Waals surface area contributed by atoms with Gasteiger partial charge in [-0.25, -0.2) is 4.79 Å². The average Bonchev–Trinajstić information content (AvgIpc) is 3.21. The molecule has 0 fully saturated rings. The fourth-order valence-electron chi connectivity index (χ4n) is 1.89. The van der Waals surface area contributed by atoms with Crippen molar-refractivity contribution < 1.29 is 28.2 Å². The first-order chi connectivity index (χ1) is 11.2. The predicted molar refractivity (Wildman–Crippen MR) is 79.9 cm³/mol. The van der Waals surface area contributed by atoms with Gasteiger partial charge in [-0.2, -0.15) is 0 Å². The number of hydrogen-bond acceptors (Lipinski definition) is 6. The number of benzene rings is 1. The van der Waals surface area contributed by atoms with Crippen LogP contribution in [-0.4, -0.2) is 25.3 Å². The van der Waals surface area contributed by atoms with Crippen molar-refractivity contribution in [3.63, 3.8) is 0 Å². The maximum absolute atomic E-state index is 11.7. The van der Waals surface area contributed by atoms with Crippen molar-refractivity contribution in [1.82, 2.24) is 0 Å². The average molecular weight is 315 g/mol. The van der Waals surface area contributed by atoms with E-state index in [2.05, 4.69) is 5.32 Å². The molecule has 118 valence electrons. The highest BCUT2D eigenvalue weighted by Crippen LogP contribution is 2.34. The lowest BCUT2D eigenvalue weighted by Gasteiger charge is -2.06. The van der Waals surface area contributed by atoms with Crippen LogP contribution in [0.5, 0.6) is 11.5 Å². The summed E-state index contributed by atoms with van der Waals surface area (Å²) in [5, 5.41) is 2.60. The summed E-state index contributed by atoms with van der Waals surface area (Å²) in [6, 6.07) is 8.39. The quantitative estimate of drug-likeness (QED) is 0.672. The van der Waals surface area contributed by atoms with Crippen LogP contribution in [0, 0.1) is 0 Å². The molecule has 2 heterocycles. The van der Waals surface area contributed by atoms with E-state index in [1.54, 1.807) is 30.3 Å². The van der Waals surface area contributed by atoms with Gasteiger partial charge in [-0.15, -0.1) is 0 Å². The minimum absolute atomic E-state index is 0.159. The number of esters is 1. The van der Waals surface area contributed by atoms with E-state index in [9.17, 15) is 9.59 Å². The van der Waals surface area contributed by atoms with E-state index < -0.39 is 18.5 Å². The number of amides is 1. The van der Waals surface area contributed by atoms with Gasteiger partial charge in [-0.05, 0) is 30.3 Å².